The van der Waals surface area contributed by atoms with E-state index in [2.05, 4.69) is 52.4 Å². The van der Waals surface area contributed by atoms with Crippen molar-refractivity contribution in [2.24, 2.45) is 0 Å². The van der Waals surface area contributed by atoms with E-state index in [0.717, 1.165) is 49.3 Å². The molecule has 2 N–H and O–H groups in total. The number of carbonyl (C=O) groups excluding carboxylic acids is 1. The lowest BCUT2D eigenvalue weighted by atomic mass is 10.1. The molecule has 1 unspecified atom stereocenters. The van der Waals surface area contributed by atoms with Crippen LogP contribution in [0, 0.1) is 6.92 Å². The molecule has 1 aliphatic heterocycles. The summed E-state index contributed by atoms with van der Waals surface area (Å²) < 4.78 is 8.90. The van der Waals surface area contributed by atoms with Gasteiger partial charge in [0, 0.05) is 41.8 Å². The molecule has 9 heteroatoms. The molecule has 8 nitrogen and oxygen atoms in total. The molecule has 1 fully saturated rings. The lowest BCUT2D eigenvalue weighted by Gasteiger charge is -2.20. The third-order valence-corrected chi connectivity index (χ3v) is 7.70. The van der Waals surface area contributed by atoms with Crippen molar-refractivity contribution in [3.63, 3.8) is 0 Å². The van der Waals surface area contributed by atoms with E-state index in [1.54, 1.807) is 18.4 Å². The number of aromatic nitrogens is 3. The molecule has 1 aliphatic rings. The van der Waals surface area contributed by atoms with E-state index >= 15 is 0 Å². The summed E-state index contributed by atoms with van der Waals surface area (Å²) >= 11 is 1.67. The predicted molar refractivity (Wildman–Crippen MR) is 142 cm³/mol. The number of likely N-dealkylation sites (tertiary alicyclic amines) is 1. The van der Waals surface area contributed by atoms with Gasteiger partial charge in [0.2, 0.25) is 0 Å². The van der Waals surface area contributed by atoms with Crippen LogP contribution in [0.5, 0.6) is 5.75 Å². The van der Waals surface area contributed by atoms with Crippen molar-refractivity contribution in [2.45, 2.75) is 19.4 Å². The fraction of sp³-hybridized carbons (Fsp3) is 0.346. The van der Waals surface area contributed by atoms with E-state index in [0.29, 0.717) is 31.0 Å². The van der Waals surface area contributed by atoms with Crippen molar-refractivity contribution in [1.82, 2.24) is 24.3 Å². The summed E-state index contributed by atoms with van der Waals surface area (Å²) in [6.07, 6.45) is 4.46. The van der Waals surface area contributed by atoms with Gasteiger partial charge in [0.1, 0.15) is 23.5 Å². The lowest BCUT2D eigenvalue weighted by molar-refractivity contribution is -0.126. The number of aryl methyl sites for hydroxylation is 1. The number of nitrogens with zero attached hydrogens (tertiary/aromatic N) is 5. The molecule has 0 radical (unpaired) electrons. The van der Waals surface area contributed by atoms with Gasteiger partial charge in [-0.15, -0.1) is 11.3 Å². The van der Waals surface area contributed by atoms with E-state index in [9.17, 15) is 4.79 Å². The van der Waals surface area contributed by atoms with Crippen LogP contribution >= 0.6 is 11.3 Å². The third-order valence-electron chi connectivity index (χ3n) is 6.50. The molecule has 0 spiro atoms. The number of thiophene rings is 1. The van der Waals surface area contributed by atoms with Crippen LogP contribution in [0.15, 0.2) is 42.9 Å². The second-order valence-corrected chi connectivity index (χ2v) is 10.5. The molecule has 4 aromatic rings. The third kappa shape index (κ3) is 4.15. The van der Waals surface area contributed by atoms with E-state index in [4.69, 9.17) is 10.5 Å². The average Bonchev–Trinajstić information content (AvgIpc) is 3.54. The molecule has 0 saturated carbocycles. The number of amides is 1. The number of methoxy groups -OCH3 is 1. The Kier molecular flexibility index (Phi) is 5.98. The first-order chi connectivity index (χ1) is 16.8. The number of benzene rings is 1. The molecule has 35 heavy (non-hydrogen) atoms. The van der Waals surface area contributed by atoms with Gasteiger partial charge in [0.05, 0.1) is 23.2 Å². The minimum absolute atomic E-state index is 0.0130. The summed E-state index contributed by atoms with van der Waals surface area (Å²) in [6.45, 7) is 7.91. The molecule has 5 rings (SSSR count). The number of hydrogen-bond donors (Lipinski definition) is 1. The minimum Gasteiger partial charge on any atom is -0.495 e. The maximum absolute atomic E-state index is 12.9. The standard InChI is InChI=1S/C26H30N6O2S/c1-15-8-17-10-21(35-23(17)20(9-15)34-5)19-13-32(25-22(19)24(27)28-14-29-25)18-6-7-31(12-18)26(33)16(2)11-30(3)4/h8-10,13-14,18H,2,6-7,11-12H2,1,3-5H3,(H2,27,28,29). The number of hydrogen-bond acceptors (Lipinski definition) is 7. The molecule has 1 aromatic carbocycles. The highest BCUT2D eigenvalue weighted by atomic mass is 32.1. The van der Waals surface area contributed by atoms with Crippen LogP contribution in [0.4, 0.5) is 5.82 Å². The zero-order valence-electron chi connectivity index (χ0n) is 20.5. The van der Waals surface area contributed by atoms with E-state index in [1.165, 1.54) is 6.33 Å². The monoisotopic (exact) mass is 490 g/mol. The molecule has 1 amide bonds. The van der Waals surface area contributed by atoms with Gasteiger partial charge in [-0.3, -0.25) is 4.79 Å². The molecule has 1 saturated heterocycles. The number of ether oxygens (including phenoxy) is 1. The fourth-order valence-electron chi connectivity index (χ4n) is 4.95. The summed E-state index contributed by atoms with van der Waals surface area (Å²) in [5.74, 6) is 1.33. The second-order valence-electron chi connectivity index (χ2n) is 9.44. The molecule has 4 heterocycles. The van der Waals surface area contributed by atoms with Crippen LogP contribution < -0.4 is 10.5 Å². The van der Waals surface area contributed by atoms with Gasteiger partial charge in [-0.05, 0) is 50.5 Å². The summed E-state index contributed by atoms with van der Waals surface area (Å²) in [5.41, 5.74) is 9.92. The Balaban J connectivity index is 1.54. The highest BCUT2D eigenvalue weighted by Crippen LogP contribution is 2.43. The maximum atomic E-state index is 12.9. The molecule has 0 aliphatic carbocycles. The Morgan fingerprint density at radius 1 is 1.31 bits per heavy atom. The first-order valence-corrected chi connectivity index (χ1v) is 12.4. The molecular weight excluding hydrogens is 460 g/mol. The number of anilines is 1. The van der Waals surface area contributed by atoms with Crippen molar-refractivity contribution in [2.75, 3.05) is 46.6 Å². The second kappa shape index (κ2) is 8.98. The van der Waals surface area contributed by atoms with Gasteiger partial charge in [-0.25, -0.2) is 9.97 Å². The Morgan fingerprint density at radius 3 is 2.86 bits per heavy atom. The van der Waals surface area contributed by atoms with Gasteiger partial charge >= 0.3 is 0 Å². The first-order valence-electron chi connectivity index (χ1n) is 11.6. The van der Waals surface area contributed by atoms with E-state index < -0.39 is 0 Å². The Morgan fingerprint density at radius 2 is 2.11 bits per heavy atom. The largest absolute Gasteiger partial charge is 0.495 e. The Hall–Kier alpha value is -3.43. The van der Waals surface area contributed by atoms with Crippen LogP contribution in [-0.2, 0) is 4.79 Å². The first kappa shape index (κ1) is 23.3. The molecule has 1 atom stereocenters. The van der Waals surface area contributed by atoms with Crippen LogP contribution in [0.25, 0.3) is 31.6 Å². The van der Waals surface area contributed by atoms with Crippen molar-refractivity contribution in [3.05, 3.63) is 48.4 Å². The molecule has 0 bridgehead atoms. The van der Waals surface area contributed by atoms with Crippen molar-refractivity contribution in [3.8, 4) is 16.2 Å². The zero-order chi connectivity index (χ0) is 24.9. The number of likely N-dealkylation sites (N-methyl/N-ethyl adjacent to an activating group) is 1. The topological polar surface area (TPSA) is 89.5 Å². The zero-order valence-corrected chi connectivity index (χ0v) is 21.4. The summed E-state index contributed by atoms with van der Waals surface area (Å²) in [5, 5.41) is 1.98. The van der Waals surface area contributed by atoms with Crippen LogP contribution in [0.2, 0.25) is 0 Å². The highest BCUT2D eigenvalue weighted by Gasteiger charge is 2.31. The number of nitrogens with two attached hydrogens (primary N) is 1. The fourth-order valence-corrected chi connectivity index (χ4v) is 6.10. The van der Waals surface area contributed by atoms with Crippen LogP contribution in [0.1, 0.15) is 18.0 Å². The molecular formula is C26H30N6O2S. The molecule has 182 valence electrons. The molecule has 3 aromatic heterocycles. The van der Waals surface area contributed by atoms with E-state index in [-0.39, 0.29) is 11.9 Å². The Labute approximate surface area is 208 Å². The number of fused-ring (bicyclic) bond motifs is 2. The summed E-state index contributed by atoms with van der Waals surface area (Å²) in [4.78, 5) is 26.7. The van der Waals surface area contributed by atoms with Crippen molar-refractivity contribution >= 4 is 44.2 Å². The van der Waals surface area contributed by atoms with Gasteiger partial charge in [0.25, 0.3) is 5.91 Å². The number of carbonyl (C=O) groups is 1. The van der Waals surface area contributed by atoms with Crippen molar-refractivity contribution in [1.29, 1.82) is 0 Å². The van der Waals surface area contributed by atoms with Gasteiger partial charge in [0.15, 0.2) is 0 Å². The van der Waals surface area contributed by atoms with Crippen molar-refractivity contribution < 1.29 is 9.53 Å². The average molecular weight is 491 g/mol. The quantitative estimate of drug-likeness (QED) is 0.409. The number of rotatable bonds is 6. The van der Waals surface area contributed by atoms with Crippen LogP contribution in [0.3, 0.4) is 0 Å². The normalized spacial score (nSPS) is 16.0. The van der Waals surface area contributed by atoms with Crippen LogP contribution in [-0.4, -0.2) is 71.1 Å². The SMILES string of the molecule is C=C(CN(C)C)C(=O)N1CCC(n2cc(-c3cc4cc(C)cc(OC)c4s3)c3c(N)ncnc32)C1. The van der Waals surface area contributed by atoms with Gasteiger partial charge < -0.3 is 24.8 Å². The maximum Gasteiger partial charge on any atom is 0.250 e. The van der Waals surface area contributed by atoms with Gasteiger partial charge in [-0.1, -0.05) is 12.6 Å². The predicted octanol–water partition coefficient (Wildman–Crippen LogP) is 4.10. The van der Waals surface area contributed by atoms with E-state index in [1.807, 2.05) is 23.9 Å². The smallest absolute Gasteiger partial charge is 0.250 e. The minimum atomic E-state index is 0.0130. The van der Waals surface area contributed by atoms with Gasteiger partial charge in [-0.2, -0.15) is 0 Å². The lowest BCUT2D eigenvalue weighted by Crippen LogP contribution is -2.33. The highest BCUT2D eigenvalue weighted by molar-refractivity contribution is 7.22. The summed E-state index contributed by atoms with van der Waals surface area (Å²) in [7, 11) is 5.58. The Bertz CT molecular complexity index is 1450. The number of nitrogen functional groups attached to an aromatic ring is 1. The summed E-state index contributed by atoms with van der Waals surface area (Å²) in [6, 6.07) is 6.50.